The third-order valence-corrected chi connectivity index (χ3v) is 2.72. The molecule has 0 saturated heterocycles. The van der Waals surface area contributed by atoms with Gasteiger partial charge in [0, 0.05) is 7.05 Å². The van der Waals surface area contributed by atoms with E-state index in [-0.39, 0.29) is 11.5 Å². The van der Waals surface area contributed by atoms with E-state index in [9.17, 15) is 4.79 Å². The molecular weight excluding hydrogens is 224 g/mol. The lowest BCUT2D eigenvalue weighted by Crippen LogP contribution is -2.19. The van der Waals surface area contributed by atoms with Crippen LogP contribution in [0.3, 0.4) is 0 Å². The fraction of sp³-hybridized carbons (Fsp3) is 0.0667. The molecule has 0 fully saturated rings. The molecule has 1 N–H and O–H groups in total. The van der Waals surface area contributed by atoms with Crippen LogP contribution in [-0.2, 0) is 4.79 Å². The number of fused-ring (bicyclic) bond motifs is 1. The van der Waals surface area contributed by atoms with Gasteiger partial charge in [0.2, 0.25) is 0 Å². The predicted molar refractivity (Wildman–Crippen MR) is 71.6 cm³/mol. The molecule has 0 aliphatic heterocycles. The summed E-state index contributed by atoms with van der Waals surface area (Å²) in [6, 6.07) is 15.6. The van der Waals surface area contributed by atoms with Crippen LogP contribution in [0.4, 0.5) is 0 Å². The molecule has 0 aliphatic carbocycles. The standard InChI is InChI=1S/C15H12N2O/c1-17-15(18)13(10-16)9-12-7-4-6-11-5-2-3-8-14(11)12/h2-9H,1H3,(H,17,18)/b13-9-. The topological polar surface area (TPSA) is 52.9 Å². The first kappa shape index (κ1) is 11.9. The number of nitriles is 1. The molecule has 0 heterocycles. The number of carbonyl (C=O) groups excluding carboxylic acids is 1. The highest BCUT2D eigenvalue weighted by atomic mass is 16.1. The van der Waals surface area contributed by atoms with Crippen molar-refractivity contribution in [2.45, 2.75) is 0 Å². The zero-order chi connectivity index (χ0) is 13.0. The van der Waals surface area contributed by atoms with Gasteiger partial charge in [-0.3, -0.25) is 4.79 Å². The quantitative estimate of drug-likeness (QED) is 0.643. The van der Waals surface area contributed by atoms with Gasteiger partial charge in [-0.05, 0) is 22.4 Å². The maximum absolute atomic E-state index is 11.5. The smallest absolute Gasteiger partial charge is 0.261 e. The fourth-order valence-corrected chi connectivity index (χ4v) is 1.82. The SMILES string of the molecule is CNC(=O)/C(C#N)=C\c1cccc2ccccc12. The molecule has 0 saturated carbocycles. The second-order valence-electron chi connectivity index (χ2n) is 3.82. The lowest BCUT2D eigenvalue weighted by molar-refractivity contribution is -0.116. The van der Waals surface area contributed by atoms with E-state index < -0.39 is 0 Å². The van der Waals surface area contributed by atoms with Gasteiger partial charge in [0.05, 0.1) is 0 Å². The number of hydrogen-bond donors (Lipinski definition) is 1. The van der Waals surface area contributed by atoms with Crippen LogP contribution in [-0.4, -0.2) is 13.0 Å². The Morgan fingerprint density at radius 1 is 1.22 bits per heavy atom. The van der Waals surface area contributed by atoms with Crippen molar-refractivity contribution in [1.29, 1.82) is 5.26 Å². The van der Waals surface area contributed by atoms with Crippen LogP contribution < -0.4 is 5.32 Å². The second-order valence-corrected chi connectivity index (χ2v) is 3.82. The Balaban J connectivity index is 2.59. The Morgan fingerprint density at radius 3 is 2.67 bits per heavy atom. The molecule has 2 aromatic carbocycles. The van der Waals surface area contributed by atoms with Crippen molar-refractivity contribution in [3.63, 3.8) is 0 Å². The first-order chi connectivity index (χ1) is 8.76. The largest absolute Gasteiger partial charge is 0.354 e. The van der Waals surface area contributed by atoms with E-state index in [2.05, 4.69) is 5.32 Å². The van der Waals surface area contributed by atoms with Crippen molar-refractivity contribution in [1.82, 2.24) is 5.32 Å². The van der Waals surface area contributed by atoms with Crippen molar-refractivity contribution in [3.05, 3.63) is 53.6 Å². The summed E-state index contributed by atoms with van der Waals surface area (Å²) in [5.41, 5.74) is 0.974. The summed E-state index contributed by atoms with van der Waals surface area (Å²) in [5.74, 6) is -0.370. The molecule has 0 spiro atoms. The molecule has 88 valence electrons. The van der Waals surface area contributed by atoms with E-state index in [1.54, 1.807) is 6.08 Å². The number of amides is 1. The molecule has 0 unspecified atom stereocenters. The molecular formula is C15H12N2O. The zero-order valence-electron chi connectivity index (χ0n) is 9.97. The molecule has 3 nitrogen and oxygen atoms in total. The van der Waals surface area contributed by atoms with Gasteiger partial charge in [-0.15, -0.1) is 0 Å². The van der Waals surface area contributed by atoms with Gasteiger partial charge in [-0.25, -0.2) is 0 Å². The van der Waals surface area contributed by atoms with E-state index in [0.29, 0.717) is 0 Å². The summed E-state index contributed by atoms with van der Waals surface area (Å²) in [4.78, 5) is 11.5. The highest BCUT2D eigenvalue weighted by Crippen LogP contribution is 2.20. The summed E-state index contributed by atoms with van der Waals surface area (Å²) in [6.45, 7) is 0. The van der Waals surface area contributed by atoms with Gasteiger partial charge in [-0.2, -0.15) is 5.26 Å². The average Bonchev–Trinajstić information content (AvgIpc) is 2.44. The van der Waals surface area contributed by atoms with Crippen LogP contribution >= 0.6 is 0 Å². The number of likely N-dealkylation sites (N-methyl/N-ethyl adjacent to an activating group) is 1. The first-order valence-electron chi connectivity index (χ1n) is 5.58. The van der Waals surface area contributed by atoms with Gasteiger partial charge in [-0.1, -0.05) is 42.5 Å². The molecule has 2 aromatic rings. The summed E-state index contributed by atoms with van der Waals surface area (Å²) in [5, 5.41) is 13.5. The molecule has 0 atom stereocenters. The Morgan fingerprint density at radius 2 is 1.94 bits per heavy atom. The van der Waals surface area contributed by atoms with Crippen molar-refractivity contribution in [2.75, 3.05) is 7.05 Å². The number of nitrogens with one attached hydrogen (secondary N) is 1. The predicted octanol–water partition coefficient (Wildman–Crippen LogP) is 2.49. The summed E-state index contributed by atoms with van der Waals surface area (Å²) in [7, 11) is 1.51. The van der Waals surface area contributed by atoms with Gasteiger partial charge in [0.25, 0.3) is 5.91 Å². The zero-order valence-corrected chi connectivity index (χ0v) is 9.97. The van der Waals surface area contributed by atoms with Crippen LogP contribution in [0.5, 0.6) is 0 Å². The molecule has 0 bridgehead atoms. The average molecular weight is 236 g/mol. The molecule has 0 radical (unpaired) electrons. The minimum Gasteiger partial charge on any atom is -0.354 e. The molecule has 0 aromatic heterocycles. The van der Waals surface area contributed by atoms with Gasteiger partial charge in [0.1, 0.15) is 11.6 Å². The van der Waals surface area contributed by atoms with Gasteiger partial charge >= 0.3 is 0 Å². The van der Waals surface area contributed by atoms with Gasteiger partial charge < -0.3 is 5.32 Å². The lowest BCUT2D eigenvalue weighted by Gasteiger charge is -2.03. The van der Waals surface area contributed by atoms with Crippen LogP contribution in [0.15, 0.2) is 48.0 Å². The normalized spacial score (nSPS) is 11.0. The minimum absolute atomic E-state index is 0.105. The molecule has 2 rings (SSSR count). The number of rotatable bonds is 2. The van der Waals surface area contributed by atoms with Gasteiger partial charge in [0.15, 0.2) is 0 Å². The highest BCUT2D eigenvalue weighted by molar-refractivity contribution is 6.03. The van der Waals surface area contributed by atoms with Crippen molar-refractivity contribution in [2.24, 2.45) is 0 Å². The first-order valence-corrected chi connectivity index (χ1v) is 5.58. The summed E-state index contributed by atoms with van der Waals surface area (Å²) < 4.78 is 0. The number of hydrogen-bond acceptors (Lipinski definition) is 2. The van der Waals surface area contributed by atoms with E-state index in [0.717, 1.165) is 16.3 Å². The minimum atomic E-state index is -0.370. The van der Waals surface area contributed by atoms with E-state index in [4.69, 9.17) is 5.26 Å². The number of carbonyl (C=O) groups is 1. The van der Waals surface area contributed by atoms with E-state index >= 15 is 0 Å². The Hall–Kier alpha value is -2.60. The number of benzene rings is 2. The molecule has 3 heteroatoms. The van der Waals surface area contributed by atoms with Crippen molar-refractivity contribution in [3.8, 4) is 6.07 Å². The van der Waals surface area contributed by atoms with Crippen molar-refractivity contribution < 1.29 is 4.79 Å². The number of nitrogens with zero attached hydrogens (tertiary/aromatic N) is 1. The van der Waals surface area contributed by atoms with Crippen LogP contribution in [0.2, 0.25) is 0 Å². The van der Waals surface area contributed by atoms with Crippen LogP contribution in [0.25, 0.3) is 16.8 Å². The third kappa shape index (κ3) is 2.23. The van der Waals surface area contributed by atoms with Crippen LogP contribution in [0.1, 0.15) is 5.56 Å². The lowest BCUT2D eigenvalue weighted by atomic mass is 10.0. The monoisotopic (exact) mass is 236 g/mol. The Bertz CT molecular complexity index is 660. The van der Waals surface area contributed by atoms with Crippen molar-refractivity contribution >= 4 is 22.8 Å². The summed E-state index contributed by atoms with van der Waals surface area (Å²) in [6.07, 6.45) is 1.61. The molecule has 0 aliphatic rings. The molecule has 1 amide bonds. The highest BCUT2D eigenvalue weighted by Gasteiger charge is 2.07. The Kier molecular flexibility index (Phi) is 3.40. The molecule has 18 heavy (non-hydrogen) atoms. The van der Waals surface area contributed by atoms with Crippen LogP contribution in [0, 0.1) is 11.3 Å². The van der Waals surface area contributed by atoms with E-state index in [1.165, 1.54) is 7.05 Å². The third-order valence-electron chi connectivity index (χ3n) is 2.72. The maximum atomic E-state index is 11.5. The Labute approximate surface area is 105 Å². The summed E-state index contributed by atoms with van der Waals surface area (Å²) >= 11 is 0. The van der Waals surface area contributed by atoms with E-state index in [1.807, 2.05) is 48.5 Å². The second kappa shape index (κ2) is 5.15. The fourth-order valence-electron chi connectivity index (χ4n) is 1.82. The maximum Gasteiger partial charge on any atom is 0.261 e.